The fraction of sp³-hybridized carbons (Fsp3) is 0.400. The van der Waals surface area contributed by atoms with E-state index in [4.69, 9.17) is 18.9 Å². The maximum atomic E-state index is 13.0. The molecule has 1 aromatic heterocycles. The molecule has 0 spiro atoms. The summed E-state index contributed by atoms with van der Waals surface area (Å²) in [6.45, 7) is 1.57. The Morgan fingerprint density at radius 2 is 1.72 bits per heavy atom. The summed E-state index contributed by atoms with van der Waals surface area (Å²) in [7, 11) is 7.83. The van der Waals surface area contributed by atoms with E-state index in [1.807, 2.05) is 7.05 Å². The van der Waals surface area contributed by atoms with Gasteiger partial charge in [0.1, 0.15) is 5.00 Å². The van der Waals surface area contributed by atoms with E-state index in [0.717, 1.165) is 30.0 Å². The van der Waals surface area contributed by atoms with Crippen molar-refractivity contribution >= 4 is 28.2 Å². The molecule has 2 aromatic rings. The molecule has 156 valence electrons. The molecule has 0 bridgehead atoms. The Labute approximate surface area is 173 Å². The number of hydrogen-bond acceptors (Lipinski definition) is 8. The van der Waals surface area contributed by atoms with E-state index in [0.29, 0.717) is 33.4 Å². The van der Waals surface area contributed by atoms with Crippen LogP contribution < -0.4 is 19.5 Å². The number of carbonyl (C=O) groups is 2. The SMILES string of the molecule is COC(=O)c1c(NC(=O)c2cc(OC)c(OC)c(OC)c2)sc2c1CCN(C)C2. The van der Waals surface area contributed by atoms with Gasteiger partial charge in [-0.1, -0.05) is 0 Å². The number of amides is 1. The number of esters is 1. The van der Waals surface area contributed by atoms with Gasteiger partial charge in [-0.3, -0.25) is 4.79 Å². The number of nitrogens with one attached hydrogen (secondary N) is 1. The monoisotopic (exact) mass is 420 g/mol. The van der Waals surface area contributed by atoms with Crippen LogP contribution in [0.2, 0.25) is 0 Å². The number of fused-ring (bicyclic) bond motifs is 1. The molecule has 1 amide bonds. The van der Waals surface area contributed by atoms with Gasteiger partial charge in [0, 0.05) is 23.5 Å². The molecule has 0 aliphatic carbocycles. The maximum Gasteiger partial charge on any atom is 0.341 e. The summed E-state index contributed by atoms with van der Waals surface area (Å²) in [4.78, 5) is 28.6. The molecule has 0 fully saturated rings. The van der Waals surface area contributed by atoms with Crippen molar-refractivity contribution in [2.24, 2.45) is 0 Å². The molecule has 0 saturated carbocycles. The van der Waals surface area contributed by atoms with Gasteiger partial charge in [-0.2, -0.15) is 0 Å². The lowest BCUT2D eigenvalue weighted by Gasteiger charge is -2.22. The zero-order valence-corrected chi connectivity index (χ0v) is 17.9. The molecule has 3 rings (SSSR count). The number of anilines is 1. The summed E-state index contributed by atoms with van der Waals surface area (Å²) in [5.41, 5.74) is 1.69. The first-order chi connectivity index (χ1) is 13.9. The second-order valence-corrected chi connectivity index (χ2v) is 7.66. The standard InChI is InChI=1S/C20H24N2O6S/c1-22-7-6-12-15(10-22)29-19(16(12)20(24)28-5)21-18(23)11-8-13(25-2)17(27-4)14(9-11)26-3/h8-9H,6-7,10H2,1-5H3,(H,21,23). The highest BCUT2D eigenvalue weighted by Gasteiger charge is 2.29. The van der Waals surface area contributed by atoms with Crippen molar-refractivity contribution in [2.75, 3.05) is 47.3 Å². The summed E-state index contributed by atoms with van der Waals surface area (Å²) in [5, 5.41) is 3.34. The van der Waals surface area contributed by atoms with Crippen molar-refractivity contribution < 1.29 is 28.5 Å². The molecule has 1 aliphatic rings. The fourth-order valence-electron chi connectivity index (χ4n) is 3.32. The third kappa shape index (κ3) is 4.01. The van der Waals surface area contributed by atoms with E-state index in [9.17, 15) is 9.59 Å². The zero-order valence-electron chi connectivity index (χ0n) is 17.1. The lowest BCUT2D eigenvalue weighted by Crippen LogP contribution is -2.26. The third-order valence-electron chi connectivity index (χ3n) is 4.79. The minimum Gasteiger partial charge on any atom is -0.493 e. The number of ether oxygens (including phenoxy) is 4. The second kappa shape index (κ2) is 8.71. The van der Waals surface area contributed by atoms with Crippen LogP contribution in [0, 0.1) is 0 Å². The van der Waals surface area contributed by atoms with Gasteiger partial charge in [-0.25, -0.2) is 4.79 Å². The molecule has 0 saturated heterocycles. The lowest BCUT2D eigenvalue weighted by molar-refractivity contribution is 0.0600. The van der Waals surface area contributed by atoms with Crippen LogP contribution in [0.5, 0.6) is 17.2 Å². The van der Waals surface area contributed by atoms with Crippen LogP contribution in [-0.2, 0) is 17.7 Å². The Kier molecular flexibility index (Phi) is 6.29. The largest absolute Gasteiger partial charge is 0.493 e. The van der Waals surface area contributed by atoms with Crippen molar-refractivity contribution in [1.29, 1.82) is 0 Å². The topological polar surface area (TPSA) is 86.3 Å². The van der Waals surface area contributed by atoms with Crippen molar-refractivity contribution in [3.63, 3.8) is 0 Å². The minimum absolute atomic E-state index is 0.318. The van der Waals surface area contributed by atoms with Gasteiger partial charge in [-0.15, -0.1) is 11.3 Å². The number of thiophene rings is 1. The summed E-state index contributed by atoms with van der Waals surface area (Å²) < 4.78 is 20.9. The minimum atomic E-state index is -0.452. The predicted octanol–water partition coefficient (Wildman–Crippen LogP) is 2.80. The smallest absolute Gasteiger partial charge is 0.341 e. The highest BCUT2D eigenvalue weighted by molar-refractivity contribution is 7.17. The number of hydrogen-bond donors (Lipinski definition) is 1. The number of benzene rings is 1. The van der Waals surface area contributed by atoms with Gasteiger partial charge in [0.05, 0.1) is 34.0 Å². The van der Waals surface area contributed by atoms with Gasteiger partial charge in [0.25, 0.3) is 5.91 Å². The number of carbonyl (C=O) groups excluding carboxylic acids is 2. The van der Waals surface area contributed by atoms with Gasteiger partial charge in [0.15, 0.2) is 11.5 Å². The molecule has 1 N–H and O–H groups in total. The zero-order chi connectivity index (χ0) is 21.1. The van der Waals surface area contributed by atoms with Crippen LogP contribution in [0.25, 0.3) is 0 Å². The van der Waals surface area contributed by atoms with Crippen LogP contribution in [0.4, 0.5) is 5.00 Å². The van der Waals surface area contributed by atoms with E-state index in [1.165, 1.54) is 39.8 Å². The van der Waals surface area contributed by atoms with Gasteiger partial charge in [0.2, 0.25) is 5.75 Å². The van der Waals surface area contributed by atoms with Crippen molar-refractivity contribution in [3.05, 3.63) is 33.7 Å². The summed E-state index contributed by atoms with van der Waals surface area (Å²) >= 11 is 1.40. The lowest BCUT2D eigenvalue weighted by atomic mass is 10.0. The Bertz CT molecular complexity index is 914. The number of rotatable bonds is 6. The van der Waals surface area contributed by atoms with Gasteiger partial charge >= 0.3 is 5.97 Å². The van der Waals surface area contributed by atoms with Crippen LogP contribution in [0.3, 0.4) is 0 Å². The van der Waals surface area contributed by atoms with Crippen LogP contribution in [-0.4, -0.2) is 58.8 Å². The number of nitrogens with zero attached hydrogens (tertiary/aromatic N) is 1. The van der Waals surface area contributed by atoms with E-state index < -0.39 is 5.97 Å². The molecule has 2 heterocycles. The van der Waals surface area contributed by atoms with E-state index in [1.54, 1.807) is 12.1 Å². The molecule has 8 nitrogen and oxygen atoms in total. The quantitative estimate of drug-likeness (QED) is 0.719. The molecule has 29 heavy (non-hydrogen) atoms. The number of methoxy groups -OCH3 is 4. The molecular formula is C20H24N2O6S. The molecule has 0 unspecified atom stereocenters. The first-order valence-corrected chi connectivity index (χ1v) is 9.77. The Hall–Kier alpha value is -2.78. The highest BCUT2D eigenvalue weighted by atomic mass is 32.1. The fourth-order valence-corrected chi connectivity index (χ4v) is 4.64. The van der Waals surface area contributed by atoms with Gasteiger partial charge in [-0.05, 0) is 31.2 Å². The van der Waals surface area contributed by atoms with Crippen molar-refractivity contribution in [1.82, 2.24) is 4.90 Å². The molecule has 9 heteroatoms. The third-order valence-corrected chi connectivity index (χ3v) is 5.92. The molecule has 1 aromatic carbocycles. The molecule has 0 radical (unpaired) electrons. The summed E-state index contributed by atoms with van der Waals surface area (Å²) in [5.74, 6) is 0.305. The Morgan fingerprint density at radius 3 is 2.28 bits per heavy atom. The maximum absolute atomic E-state index is 13.0. The van der Waals surface area contributed by atoms with E-state index in [-0.39, 0.29) is 5.91 Å². The van der Waals surface area contributed by atoms with Crippen molar-refractivity contribution in [3.8, 4) is 17.2 Å². The number of likely N-dealkylation sites (N-methyl/N-ethyl adjacent to an activating group) is 1. The Morgan fingerprint density at radius 1 is 1.07 bits per heavy atom. The second-order valence-electron chi connectivity index (χ2n) is 6.56. The molecule has 1 aliphatic heterocycles. The molecular weight excluding hydrogens is 396 g/mol. The first kappa shape index (κ1) is 20.9. The summed E-state index contributed by atoms with van der Waals surface area (Å²) in [6, 6.07) is 3.13. The normalized spacial score (nSPS) is 13.4. The van der Waals surface area contributed by atoms with E-state index in [2.05, 4.69) is 10.2 Å². The predicted molar refractivity (Wildman–Crippen MR) is 110 cm³/mol. The first-order valence-electron chi connectivity index (χ1n) is 8.96. The average Bonchev–Trinajstić information content (AvgIpc) is 3.08. The highest BCUT2D eigenvalue weighted by Crippen LogP contribution is 2.40. The van der Waals surface area contributed by atoms with Gasteiger partial charge < -0.3 is 29.2 Å². The van der Waals surface area contributed by atoms with E-state index >= 15 is 0 Å². The van der Waals surface area contributed by atoms with Crippen LogP contribution >= 0.6 is 11.3 Å². The van der Waals surface area contributed by atoms with Crippen LogP contribution in [0.15, 0.2) is 12.1 Å². The van der Waals surface area contributed by atoms with Crippen molar-refractivity contribution in [2.45, 2.75) is 13.0 Å². The Balaban J connectivity index is 1.98. The van der Waals surface area contributed by atoms with Crippen LogP contribution in [0.1, 0.15) is 31.2 Å². The summed E-state index contributed by atoms with van der Waals surface area (Å²) in [6.07, 6.45) is 0.729. The molecule has 0 atom stereocenters. The average molecular weight is 420 g/mol.